The molecule has 2 N–H and O–H groups in total. The van der Waals surface area contributed by atoms with Crippen LogP contribution in [-0.4, -0.2) is 22.8 Å². The molecule has 0 radical (unpaired) electrons. The molecule has 1 aromatic carbocycles. The molecule has 5 heteroatoms. The normalized spacial score (nSPS) is 19.3. The molecule has 2 aromatic rings. The van der Waals surface area contributed by atoms with Gasteiger partial charge in [-0.1, -0.05) is 24.3 Å². The van der Waals surface area contributed by atoms with E-state index in [2.05, 4.69) is 0 Å². The van der Waals surface area contributed by atoms with E-state index in [1.54, 1.807) is 16.2 Å². The standard InChI is InChI=1S/C18H18N2O2S/c19-17(21)14-8-11-4-1-2-5-13(11)10-20(14)18(22)16-9-12-6-3-7-15(12)23-16/h1-2,4-5,9,14H,3,6-8,10H2,(H2,19,21)/t14-/m1/s1. The molecule has 4 rings (SSSR count). The summed E-state index contributed by atoms with van der Waals surface area (Å²) < 4.78 is 0. The highest BCUT2D eigenvalue weighted by Gasteiger charge is 2.34. The molecule has 1 aliphatic carbocycles. The lowest BCUT2D eigenvalue weighted by atomic mass is 9.93. The fourth-order valence-corrected chi connectivity index (χ4v) is 4.78. The number of hydrogen-bond donors (Lipinski definition) is 1. The van der Waals surface area contributed by atoms with Crippen LogP contribution in [0.5, 0.6) is 0 Å². The Labute approximate surface area is 138 Å². The first kappa shape index (κ1) is 14.5. The predicted molar refractivity (Wildman–Crippen MR) is 89.3 cm³/mol. The van der Waals surface area contributed by atoms with E-state index < -0.39 is 11.9 Å². The summed E-state index contributed by atoms with van der Waals surface area (Å²) in [5.74, 6) is -0.500. The lowest BCUT2D eigenvalue weighted by molar-refractivity contribution is -0.122. The van der Waals surface area contributed by atoms with Crippen molar-refractivity contribution in [2.45, 2.75) is 38.3 Å². The van der Waals surface area contributed by atoms with Gasteiger partial charge in [-0.25, -0.2) is 0 Å². The van der Waals surface area contributed by atoms with Crippen LogP contribution in [0.2, 0.25) is 0 Å². The number of carbonyl (C=O) groups is 2. The molecule has 2 aliphatic rings. The summed E-state index contributed by atoms with van der Waals surface area (Å²) in [7, 11) is 0. The first-order chi connectivity index (χ1) is 11.1. The molecule has 1 aromatic heterocycles. The second kappa shape index (κ2) is 5.49. The van der Waals surface area contributed by atoms with Crippen LogP contribution in [0.15, 0.2) is 30.3 Å². The third-order valence-corrected chi connectivity index (χ3v) is 6.02. The quantitative estimate of drug-likeness (QED) is 0.920. The summed E-state index contributed by atoms with van der Waals surface area (Å²) in [4.78, 5) is 28.5. The van der Waals surface area contributed by atoms with Crippen LogP contribution in [0, 0.1) is 0 Å². The number of primary amides is 1. The molecule has 1 aliphatic heterocycles. The number of aryl methyl sites for hydroxylation is 2. The number of amides is 2. The molecule has 0 saturated carbocycles. The van der Waals surface area contributed by atoms with Crippen molar-refractivity contribution in [1.82, 2.24) is 4.90 Å². The lowest BCUT2D eigenvalue weighted by Gasteiger charge is -2.34. The molecule has 0 fully saturated rings. The van der Waals surface area contributed by atoms with Crippen molar-refractivity contribution >= 4 is 23.2 Å². The summed E-state index contributed by atoms with van der Waals surface area (Å²) in [6.07, 6.45) is 3.80. The summed E-state index contributed by atoms with van der Waals surface area (Å²) in [5.41, 5.74) is 9.08. The molecule has 2 heterocycles. The highest BCUT2D eigenvalue weighted by molar-refractivity contribution is 7.14. The molecule has 1 atom stereocenters. The van der Waals surface area contributed by atoms with E-state index in [0.717, 1.165) is 28.8 Å². The van der Waals surface area contributed by atoms with Gasteiger partial charge < -0.3 is 10.6 Å². The van der Waals surface area contributed by atoms with Gasteiger partial charge in [0.15, 0.2) is 0 Å². The second-order valence-electron chi connectivity index (χ2n) is 6.24. The maximum Gasteiger partial charge on any atom is 0.264 e. The van der Waals surface area contributed by atoms with Gasteiger partial charge in [-0.15, -0.1) is 11.3 Å². The van der Waals surface area contributed by atoms with Gasteiger partial charge in [0, 0.05) is 17.8 Å². The molecule has 2 amide bonds. The fourth-order valence-electron chi connectivity index (χ4n) is 3.57. The van der Waals surface area contributed by atoms with Crippen molar-refractivity contribution < 1.29 is 9.59 Å². The Morgan fingerprint density at radius 2 is 1.91 bits per heavy atom. The Morgan fingerprint density at radius 3 is 2.65 bits per heavy atom. The molecular weight excluding hydrogens is 308 g/mol. The molecule has 118 valence electrons. The topological polar surface area (TPSA) is 63.4 Å². The molecule has 4 nitrogen and oxygen atoms in total. The van der Waals surface area contributed by atoms with Gasteiger partial charge in [0.2, 0.25) is 5.91 Å². The number of nitrogens with two attached hydrogens (primary N) is 1. The number of nitrogens with zero attached hydrogens (tertiary/aromatic N) is 1. The monoisotopic (exact) mass is 326 g/mol. The van der Waals surface area contributed by atoms with Crippen molar-refractivity contribution in [1.29, 1.82) is 0 Å². The van der Waals surface area contributed by atoms with Crippen molar-refractivity contribution in [2.75, 3.05) is 0 Å². The largest absolute Gasteiger partial charge is 0.368 e. The van der Waals surface area contributed by atoms with Gasteiger partial charge in [0.05, 0.1) is 4.88 Å². The summed E-state index contributed by atoms with van der Waals surface area (Å²) in [6, 6.07) is 9.39. The first-order valence-corrected chi connectivity index (χ1v) is 8.74. The molecular formula is C18H18N2O2S. The van der Waals surface area contributed by atoms with Crippen LogP contribution in [0.25, 0.3) is 0 Å². The van der Waals surface area contributed by atoms with E-state index >= 15 is 0 Å². The average Bonchev–Trinajstić information content (AvgIpc) is 3.14. The zero-order valence-corrected chi connectivity index (χ0v) is 13.6. The van der Waals surface area contributed by atoms with Gasteiger partial charge >= 0.3 is 0 Å². The van der Waals surface area contributed by atoms with Gasteiger partial charge in [0.1, 0.15) is 6.04 Å². The van der Waals surface area contributed by atoms with Crippen LogP contribution in [-0.2, 0) is 30.6 Å². The minimum atomic E-state index is -0.561. The summed E-state index contributed by atoms with van der Waals surface area (Å²) >= 11 is 1.58. The predicted octanol–water partition coefficient (Wildman–Crippen LogP) is 2.29. The smallest absolute Gasteiger partial charge is 0.264 e. The molecule has 0 bridgehead atoms. The Balaban J connectivity index is 1.67. The van der Waals surface area contributed by atoms with E-state index in [4.69, 9.17) is 5.73 Å². The number of rotatable bonds is 2. The number of hydrogen-bond acceptors (Lipinski definition) is 3. The maximum atomic E-state index is 13.0. The van der Waals surface area contributed by atoms with Gasteiger partial charge in [-0.2, -0.15) is 0 Å². The minimum Gasteiger partial charge on any atom is -0.368 e. The Morgan fingerprint density at radius 1 is 1.13 bits per heavy atom. The highest BCUT2D eigenvalue weighted by Crippen LogP contribution is 2.33. The molecule has 0 unspecified atom stereocenters. The molecule has 0 spiro atoms. The van der Waals surface area contributed by atoms with Gasteiger partial charge in [-0.3, -0.25) is 9.59 Å². The Hall–Kier alpha value is -2.14. The van der Waals surface area contributed by atoms with E-state index in [-0.39, 0.29) is 5.91 Å². The van der Waals surface area contributed by atoms with E-state index in [1.165, 1.54) is 16.9 Å². The Kier molecular flexibility index (Phi) is 3.45. The maximum absolute atomic E-state index is 13.0. The van der Waals surface area contributed by atoms with E-state index in [1.807, 2.05) is 30.3 Å². The number of carbonyl (C=O) groups excluding carboxylic acids is 2. The highest BCUT2D eigenvalue weighted by atomic mass is 32.1. The fraction of sp³-hybridized carbons (Fsp3) is 0.333. The van der Waals surface area contributed by atoms with Crippen molar-refractivity contribution in [3.8, 4) is 0 Å². The average molecular weight is 326 g/mol. The number of fused-ring (bicyclic) bond motifs is 2. The van der Waals surface area contributed by atoms with Crippen LogP contribution in [0.1, 0.15) is 37.7 Å². The SMILES string of the molecule is NC(=O)[C@H]1Cc2ccccc2CN1C(=O)c1cc2c(s1)CCC2. The summed E-state index contributed by atoms with van der Waals surface area (Å²) in [5, 5.41) is 0. The van der Waals surface area contributed by atoms with Crippen LogP contribution >= 0.6 is 11.3 Å². The summed E-state index contributed by atoms with van der Waals surface area (Å²) in [6.45, 7) is 0.450. The number of benzene rings is 1. The van der Waals surface area contributed by atoms with E-state index in [0.29, 0.717) is 13.0 Å². The van der Waals surface area contributed by atoms with E-state index in [9.17, 15) is 9.59 Å². The van der Waals surface area contributed by atoms with Crippen LogP contribution in [0.4, 0.5) is 0 Å². The number of thiophene rings is 1. The van der Waals surface area contributed by atoms with Gasteiger partial charge in [-0.05, 0) is 42.0 Å². The van der Waals surface area contributed by atoms with Crippen molar-refractivity contribution in [2.24, 2.45) is 5.73 Å². The minimum absolute atomic E-state index is 0.0669. The Bertz CT molecular complexity index is 775. The zero-order valence-electron chi connectivity index (χ0n) is 12.7. The molecule has 23 heavy (non-hydrogen) atoms. The first-order valence-electron chi connectivity index (χ1n) is 7.92. The third-order valence-electron chi connectivity index (χ3n) is 4.80. The molecule has 0 saturated heterocycles. The van der Waals surface area contributed by atoms with Crippen LogP contribution < -0.4 is 5.73 Å². The lowest BCUT2D eigenvalue weighted by Crippen LogP contribution is -2.51. The van der Waals surface area contributed by atoms with Crippen LogP contribution in [0.3, 0.4) is 0 Å². The van der Waals surface area contributed by atoms with Gasteiger partial charge in [0.25, 0.3) is 5.91 Å². The second-order valence-corrected chi connectivity index (χ2v) is 7.37. The van der Waals surface area contributed by atoms with Crippen molar-refractivity contribution in [3.05, 3.63) is 56.8 Å². The third kappa shape index (κ3) is 2.45. The van der Waals surface area contributed by atoms with Crippen molar-refractivity contribution in [3.63, 3.8) is 0 Å². The zero-order chi connectivity index (χ0) is 16.0.